The molecular formula is C25H26N10OS. The van der Waals surface area contributed by atoms with Crippen molar-refractivity contribution >= 4 is 39.7 Å². The highest BCUT2D eigenvalue weighted by Gasteiger charge is 2.17. The molecule has 0 unspecified atom stereocenters. The van der Waals surface area contributed by atoms with E-state index >= 15 is 0 Å². The van der Waals surface area contributed by atoms with Gasteiger partial charge in [-0.05, 0) is 61.6 Å². The summed E-state index contributed by atoms with van der Waals surface area (Å²) in [5.41, 5.74) is 3.20. The quantitative estimate of drug-likeness (QED) is 0.352. The van der Waals surface area contributed by atoms with Gasteiger partial charge in [0.15, 0.2) is 0 Å². The maximum absolute atomic E-state index is 13.4. The Labute approximate surface area is 216 Å². The van der Waals surface area contributed by atoms with Gasteiger partial charge in [0, 0.05) is 60.6 Å². The third-order valence-electron chi connectivity index (χ3n) is 6.57. The molecule has 0 bridgehead atoms. The third kappa shape index (κ3) is 4.56. The molecule has 4 aromatic heterocycles. The highest BCUT2D eigenvalue weighted by atomic mass is 32.1. The Bertz CT molecular complexity index is 1580. The van der Waals surface area contributed by atoms with E-state index in [2.05, 4.69) is 59.9 Å². The number of rotatable bonds is 6. The van der Waals surface area contributed by atoms with Crippen LogP contribution in [-0.2, 0) is 6.54 Å². The standard InChI is InChI=1S/C25H26N10OS/c1-3-35-23-16(14-19(24(35)36)20-8-9-21(37-20)22-29-31-32-30-22)15-26-25(28-23)27-17-4-6-18(7-5-17)34-12-10-33(2)11-13-34/h4-9,14-15H,3,10-13H2,1-2H3,(H,26,27,28)(H,29,30,31,32). The number of anilines is 3. The first-order chi connectivity index (χ1) is 18.1. The maximum atomic E-state index is 13.4. The van der Waals surface area contributed by atoms with Crippen molar-refractivity contribution in [2.75, 3.05) is 43.4 Å². The van der Waals surface area contributed by atoms with Crippen LogP contribution in [0, 0.1) is 0 Å². The van der Waals surface area contributed by atoms with E-state index in [1.807, 2.05) is 37.3 Å². The normalized spacial score (nSPS) is 14.4. The zero-order valence-corrected chi connectivity index (χ0v) is 21.4. The number of likely N-dealkylation sites (N-methyl/N-ethyl adjacent to an activating group) is 1. The number of aromatic amines is 1. The molecule has 12 heteroatoms. The monoisotopic (exact) mass is 514 g/mol. The van der Waals surface area contributed by atoms with Crippen LogP contribution in [0.1, 0.15) is 6.92 Å². The molecule has 0 amide bonds. The van der Waals surface area contributed by atoms with Crippen molar-refractivity contribution in [3.05, 3.63) is 59.0 Å². The van der Waals surface area contributed by atoms with Crippen LogP contribution in [0.25, 0.3) is 32.2 Å². The van der Waals surface area contributed by atoms with Gasteiger partial charge in [-0.15, -0.1) is 21.5 Å². The second-order valence-electron chi connectivity index (χ2n) is 8.94. The Kier molecular flexibility index (Phi) is 6.10. The molecule has 1 saturated heterocycles. The van der Waals surface area contributed by atoms with Gasteiger partial charge in [0.1, 0.15) is 5.65 Å². The van der Waals surface area contributed by atoms with Gasteiger partial charge < -0.3 is 15.1 Å². The first kappa shape index (κ1) is 23.3. The fourth-order valence-electron chi connectivity index (χ4n) is 4.51. The zero-order chi connectivity index (χ0) is 25.4. The molecule has 5 aromatic rings. The van der Waals surface area contributed by atoms with E-state index in [-0.39, 0.29) is 5.56 Å². The summed E-state index contributed by atoms with van der Waals surface area (Å²) in [4.78, 5) is 29.0. The Hall–Kier alpha value is -4.16. The van der Waals surface area contributed by atoms with Crippen molar-refractivity contribution in [3.63, 3.8) is 0 Å². The third-order valence-corrected chi connectivity index (χ3v) is 7.69. The predicted molar refractivity (Wildman–Crippen MR) is 145 cm³/mol. The number of pyridine rings is 1. The topological polar surface area (TPSA) is 121 Å². The van der Waals surface area contributed by atoms with Gasteiger partial charge >= 0.3 is 0 Å². The summed E-state index contributed by atoms with van der Waals surface area (Å²) in [6.45, 7) is 6.62. The largest absolute Gasteiger partial charge is 0.369 e. The smallest absolute Gasteiger partial charge is 0.260 e. The second-order valence-corrected chi connectivity index (χ2v) is 10.0. The average molecular weight is 515 g/mol. The van der Waals surface area contributed by atoms with Gasteiger partial charge in [-0.1, -0.05) is 0 Å². The Morgan fingerprint density at radius 3 is 2.57 bits per heavy atom. The number of piperazine rings is 1. The molecule has 1 aliphatic rings. The number of H-pyrrole nitrogens is 1. The number of fused-ring (bicyclic) bond motifs is 1. The van der Waals surface area contributed by atoms with E-state index in [0.29, 0.717) is 29.5 Å². The van der Waals surface area contributed by atoms with E-state index in [0.717, 1.165) is 47.0 Å². The fourth-order valence-corrected chi connectivity index (χ4v) is 5.45. The highest BCUT2D eigenvalue weighted by Crippen LogP contribution is 2.32. The van der Waals surface area contributed by atoms with Gasteiger partial charge in [-0.25, -0.2) is 4.98 Å². The average Bonchev–Trinajstić information content (AvgIpc) is 3.62. The molecule has 6 rings (SSSR count). The lowest BCUT2D eigenvalue weighted by Crippen LogP contribution is -2.44. The van der Waals surface area contributed by atoms with Crippen molar-refractivity contribution in [1.82, 2.24) is 40.1 Å². The molecule has 1 aliphatic heterocycles. The lowest BCUT2D eigenvalue weighted by Gasteiger charge is -2.34. The maximum Gasteiger partial charge on any atom is 0.260 e. The number of nitrogens with zero attached hydrogens (tertiary/aromatic N) is 8. The van der Waals surface area contributed by atoms with Crippen LogP contribution in [0.5, 0.6) is 0 Å². The van der Waals surface area contributed by atoms with Gasteiger partial charge in [-0.2, -0.15) is 10.2 Å². The highest BCUT2D eigenvalue weighted by molar-refractivity contribution is 7.18. The first-order valence-electron chi connectivity index (χ1n) is 12.1. The number of tetrazole rings is 1. The van der Waals surface area contributed by atoms with Crippen molar-refractivity contribution in [1.29, 1.82) is 0 Å². The Balaban J connectivity index is 1.27. The number of aromatic nitrogens is 7. The van der Waals surface area contributed by atoms with Crippen LogP contribution in [0.15, 0.2) is 53.5 Å². The summed E-state index contributed by atoms with van der Waals surface area (Å²) >= 11 is 1.44. The van der Waals surface area contributed by atoms with Crippen LogP contribution in [0.2, 0.25) is 0 Å². The molecule has 2 N–H and O–H groups in total. The van der Waals surface area contributed by atoms with E-state index in [1.54, 1.807) is 10.8 Å². The van der Waals surface area contributed by atoms with Crippen molar-refractivity contribution < 1.29 is 0 Å². The summed E-state index contributed by atoms with van der Waals surface area (Å²) in [6, 6.07) is 14.0. The Morgan fingerprint density at radius 2 is 1.84 bits per heavy atom. The lowest BCUT2D eigenvalue weighted by molar-refractivity contribution is 0.313. The number of aryl methyl sites for hydroxylation is 1. The van der Waals surface area contributed by atoms with Crippen molar-refractivity contribution in [2.24, 2.45) is 0 Å². The summed E-state index contributed by atoms with van der Waals surface area (Å²) < 4.78 is 1.68. The van der Waals surface area contributed by atoms with Gasteiger partial charge in [0.25, 0.3) is 5.56 Å². The number of hydrogen-bond donors (Lipinski definition) is 2. The van der Waals surface area contributed by atoms with Gasteiger partial charge in [0.2, 0.25) is 11.8 Å². The van der Waals surface area contributed by atoms with E-state index < -0.39 is 0 Å². The minimum Gasteiger partial charge on any atom is -0.369 e. The van der Waals surface area contributed by atoms with Crippen LogP contribution < -0.4 is 15.8 Å². The summed E-state index contributed by atoms with van der Waals surface area (Å²) in [5, 5.41) is 18.2. The number of hydrogen-bond acceptors (Lipinski definition) is 10. The summed E-state index contributed by atoms with van der Waals surface area (Å²) in [6.07, 6.45) is 1.76. The molecule has 0 aliphatic carbocycles. The number of thiophene rings is 1. The molecule has 188 valence electrons. The van der Waals surface area contributed by atoms with Gasteiger partial charge in [-0.3, -0.25) is 9.36 Å². The van der Waals surface area contributed by atoms with Crippen molar-refractivity contribution in [3.8, 4) is 21.1 Å². The summed E-state index contributed by atoms with van der Waals surface area (Å²) in [7, 11) is 2.16. The van der Waals surface area contributed by atoms with E-state index in [1.165, 1.54) is 17.0 Å². The SMILES string of the molecule is CCn1c(=O)c(-c2ccc(-c3nn[nH]n3)s2)cc2cnc(Nc3ccc(N4CCN(C)CC4)cc3)nc21. The molecule has 1 fully saturated rings. The Morgan fingerprint density at radius 1 is 1.05 bits per heavy atom. The first-order valence-corrected chi connectivity index (χ1v) is 13.0. The molecule has 5 heterocycles. The van der Waals surface area contributed by atoms with Crippen LogP contribution in [-0.4, -0.2) is 73.3 Å². The number of nitrogens with one attached hydrogen (secondary N) is 2. The van der Waals surface area contributed by atoms with Gasteiger partial charge in [0.05, 0.1) is 10.4 Å². The fraction of sp³-hybridized carbons (Fsp3) is 0.280. The molecule has 0 atom stereocenters. The zero-order valence-electron chi connectivity index (χ0n) is 20.5. The molecule has 0 spiro atoms. The molecule has 0 radical (unpaired) electrons. The second kappa shape index (κ2) is 9.71. The van der Waals surface area contributed by atoms with Crippen LogP contribution in [0.3, 0.4) is 0 Å². The van der Waals surface area contributed by atoms with Crippen LogP contribution in [0.4, 0.5) is 17.3 Å². The van der Waals surface area contributed by atoms with Crippen LogP contribution >= 0.6 is 11.3 Å². The molecule has 11 nitrogen and oxygen atoms in total. The van der Waals surface area contributed by atoms with E-state index in [4.69, 9.17) is 4.98 Å². The minimum absolute atomic E-state index is 0.0994. The molecule has 0 saturated carbocycles. The summed E-state index contributed by atoms with van der Waals surface area (Å²) in [5.74, 6) is 0.952. The molecule has 37 heavy (non-hydrogen) atoms. The molecule has 1 aromatic carbocycles. The lowest BCUT2D eigenvalue weighted by atomic mass is 10.2. The van der Waals surface area contributed by atoms with E-state index in [9.17, 15) is 4.79 Å². The molecular weight excluding hydrogens is 488 g/mol. The van der Waals surface area contributed by atoms with Crippen molar-refractivity contribution in [2.45, 2.75) is 13.5 Å². The predicted octanol–water partition coefficient (Wildman–Crippen LogP) is 3.22. The minimum atomic E-state index is -0.0994. The number of benzene rings is 1.